The summed E-state index contributed by atoms with van der Waals surface area (Å²) < 4.78 is 4.87. The van der Waals surface area contributed by atoms with Crippen molar-refractivity contribution in [3.8, 4) is 0 Å². The minimum Gasteiger partial charge on any atom is -0.461 e. The Morgan fingerprint density at radius 3 is 2.41 bits per heavy atom. The summed E-state index contributed by atoms with van der Waals surface area (Å²) in [5, 5.41) is 12.0. The van der Waals surface area contributed by atoms with Crippen molar-refractivity contribution in [1.29, 1.82) is 0 Å². The first-order valence-electron chi connectivity index (χ1n) is 7.59. The van der Waals surface area contributed by atoms with E-state index < -0.39 is 5.97 Å². The normalized spacial score (nSPS) is 17.4. The maximum absolute atomic E-state index is 11.6. The Labute approximate surface area is 131 Å². The monoisotopic (exact) mass is 305 g/mol. The molecule has 22 heavy (non-hydrogen) atoms. The Kier molecular flexibility index (Phi) is 6.36. The molecule has 1 fully saturated rings. The zero-order valence-corrected chi connectivity index (χ0v) is 12.9. The van der Waals surface area contributed by atoms with Crippen LogP contribution in [0.3, 0.4) is 0 Å². The van der Waals surface area contributed by atoms with Crippen molar-refractivity contribution >= 4 is 11.7 Å². The molecule has 1 aliphatic rings. The number of nitrogens with zero attached hydrogens (tertiary/aromatic N) is 3. The molecule has 0 unspecified atom stereocenters. The van der Waals surface area contributed by atoms with Crippen molar-refractivity contribution in [3.63, 3.8) is 0 Å². The fourth-order valence-electron chi connectivity index (χ4n) is 2.51. The Balaban J connectivity index is 1.78. The summed E-state index contributed by atoms with van der Waals surface area (Å²) in [5.74, 6) is -0.545. The van der Waals surface area contributed by atoms with Crippen LogP contribution in [0.15, 0.2) is 35.5 Å². The molecule has 6 heteroatoms. The molecule has 1 saturated heterocycles. The molecule has 0 bridgehead atoms. The maximum Gasteiger partial charge on any atom is 0.357 e. The molecular formula is C16H23N3O3. The smallest absolute Gasteiger partial charge is 0.357 e. The number of rotatable bonds is 6. The van der Waals surface area contributed by atoms with Gasteiger partial charge in [-0.2, -0.15) is 0 Å². The van der Waals surface area contributed by atoms with E-state index in [4.69, 9.17) is 9.94 Å². The molecule has 0 spiro atoms. The number of ether oxygens (including phenoxy) is 1. The SMILES string of the molecule is CCOC(=O)C(CN1CCN(Cc2ccccc2)CC1)=NO. The molecule has 0 amide bonds. The number of benzene rings is 1. The maximum atomic E-state index is 11.6. The number of hydrogen-bond donors (Lipinski definition) is 1. The highest BCUT2D eigenvalue weighted by atomic mass is 16.5. The molecule has 1 aromatic rings. The fraction of sp³-hybridized carbons (Fsp3) is 0.500. The number of carbonyl (C=O) groups is 1. The van der Waals surface area contributed by atoms with E-state index in [1.807, 2.05) is 6.07 Å². The van der Waals surface area contributed by atoms with Gasteiger partial charge in [-0.25, -0.2) is 4.79 Å². The lowest BCUT2D eigenvalue weighted by atomic mass is 10.2. The van der Waals surface area contributed by atoms with Crippen LogP contribution in [-0.4, -0.2) is 66.0 Å². The largest absolute Gasteiger partial charge is 0.461 e. The fourth-order valence-corrected chi connectivity index (χ4v) is 2.51. The lowest BCUT2D eigenvalue weighted by molar-refractivity contribution is -0.135. The van der Waals surface area contributed by atoms with Gasteiger partial charge in [0.15, 0.2) is 5.71 Å². The molecule has 1 aromatic carbocycles. The number of hydrogen-bond acceptors (Lipinski definition) is 6. The second-order valence-corrected chi connectivity index (χ2v) is 5.31. The van der Waals surface area contributed by atoms with Gasteiger partial charge in [0, 0.05) is 32.7 Å². The van der Waals surface area contributed by atoms with Crippen LogP contribution in [0.2, 0.25) is 0 Å². The van der Waals surface area contributed by atoms with Crippen LogP contribution in [0.4, 0.5) is 0 Å². The summed E-state index contributed by atoms with van der Waals surface area (Å²) in [6, 6.07) is 10.4. The Morgan fingerprint density at radius 1 is 1.18 bits per heavy atom. The summed E-state index contributed by atoms with van der Waals surface area (Å²) in [7, 11) is 0. The average Bonchev–Trinajstić information content (AvgIpc) is 2.55. The molecular weight excluding hydrogens is 282 g/mol. The van der Waals surface area contributed by atoms with Crippen molar-refractivity contribution in [3.05, 3.63) is 35.9 Å². The van der Waals surface area contributed by atoms with Crippen LogP contribution in [0, 0.1) is 0 Å². The second kappa shape index (κ2) is 8.51. The van der Waals surface area contributed by atoms with E-state index in [2.05, 4.69) is 39.2 Å². The van der Waals surface area contributed by atoms with Crippen molar-refractivity contribution in [1.82, 2.24) is 9.80 Å². The summed E-state index contributed by atoms with van der Waals surface area (Å²) in [5.41, 5.74) is 1.37. The molecule has 0 radical (unpaired) electrons. The molecule has 6 nitrogen and oxygen atoms in total. The molecule has 0 saturated carbocycles. The third-order valence-electron chi connectivity index (χ3n) is 3.72. The van der Waals surface area contributed by atoms with Gasteiger partial charge in [-0.1, -0.05) is 35.5 Å². The molecule has 0 atom stereocenters. The number of piperazine rings is 1. The standard InChI is InChI=1S/C16H23N3O3/c1-2-22-16(20)15(17-21)13-19-10-8-18(9-11-19)12-14-6-4-3-5-7-14/h3-7,21H,2,8-13H2,1H3. The topological polar surface area (TPSA) is 65.4 Å². The van der Waals surface area contributed by atoms with E-state index in [9.17, 15) is 4.79 Å². The summed E-state index contributed by atoms with van der Waals surface area (Å²) in [6.45, 7) is 6.81. The van der Waals surface area contributed by atoms with Crippen LogP contribution in [0.25, 0.3) is 0 Å². The number of oxime groups is 1. The van der Waals surface area contributed by atoms with Crippen LogP contribution in [0.5, 0.6) is 0 Å². The predicted octanol–water partition coefficient (Wildman–Crippen LogP) is 1.20. The van der Waals surface area contributed by atoms with E-state index in [1.54, 1.807) is 6.92 Å². The summed E-state index contributed by atoms with van der Waals surface area (Å²) in [4.78, 5) is 16.1. The molecule has 120 valence electrons. The van der Waals surface area contributed by atoms with Crippen LogP contribution >= 0.6 is 0 Å². The summed E-state index contributed by atoms with van der Waals surface area (Å²) >= 11 is 0. The van der Waals surface area contributed by atoms with Gasteiger partial charge in [0.05, 0.1) is 13.2 Å². The van der Waals surface area contributed by atoms with E-state index in [0.717, 1.165) is 32.7 Å². The first-order valence-corrected chi connectivity index (χ1v) is 7.59. The van der Waals surface area contributed by atoms with E-state index in [1.165, 1.54) is 5.56 Å². The molecule has 0 aliphatic carbocycles. The Hall–Kier alpha value is -1.92. The zero-order valence-electron chi connectivity index (χ0n) is 12.9. The van der Waals surface area contributed by atoms with Gasteiger partial charge in [-0.3, -0.25) is 9.80 Å². The lowest BCUT2D eigenvalue weighted by Gasteiger charge is -2.34. The third-order valence-corrected chi connectivity index (χ3v) is 3.72. The minimum atomic E-state index is -0.545. The molecule has 1 heterocycles. The molecule has 0 aromatic heterocycles. The van der Waals surface area contributed by atoms with Crippen LogP contribution < -0.4 is 0 Å². The first kappa shape index (κ1) is 16.5. The first-order chi connectivity index (χ1) is 10.7. The molecule has 1 N–H and O–H groups in total. The van der Waals surface area contributed by atoms with Gasteiger partial charge in [-0.05, 0) is 12.5 Å². The van der Waals surface area contributed by atoms with Crippen molar-refractivity contribution in [2.45, 2.75) is 13.5 Å². The highest BCUT2D eigenvalue weighted by Gasteiger charge is 2.22. The molecule has 1 aliphatic heterocycles. The van der Waals surface area contributed by atoms with Gasteiger partial charge in [-0.15, -0.1) is 0 Å². The van der Waals surface area contributed by atoms with E-state index in [-0.39, 0.29) is 12.3 Å². The predicted molar refractivity (Wildman–Crippen MR) is 84.0 cm³/mol. The van der Waals surface area contributed by atoms with Gasteiger partial charge >= 0.3 is 5.97 Å². The van der Waals surface area contributed by atoms with Crippen molar-refractivity contribution in [2.75, 3.05) is 39.3 Å². The lowest BCUT2D eigenvalue weighted by Crippen LogP contribution is -2.48. The van der Waals surface area contributed by atoms with Crippen LogP contribution in [0.1, 0.15) is 12.5 Å². The van der Waals surface area contributed by atoms with Gasteiger partial charge in [0.25, 0.3) is 0 Å². The quantitative estimate of drug-likeness (QED) is 0.370. The number of esters is 1. The molecule has 2 rings (SSSR count). The number of carbonyl (C=O) groups excluding carboxylic acids is 1. The van der Waals surface area contributed by atoms with Crippen LogP contribution in [-0.2, 0) is 16.1 Å². The van der Waals surface area contributed by atoms with E-state index in [0.29, 0.717) is 6.54 Å². The van der Waals surface area contributed by atoms with Crippen molar-refractivity contribution in [2.24, 2.45) is 5.16 Å². The van der Waals surface area contributed by atoms with E-state index >= 15 is 0 Å². The minimum absolute atomic E-state index is 0.0679. The highest BCUT2D eigenvalue weighted by Crippen LogP contribution is 2.08. The Bertz CT molecular complexity index is 497. The summed E-state index contributed by atoms with van der Waals surface area (Å²) in [6.07, 6.45) is 0. The van der Waals surface area contributed by atoms with Crippen molar-refractivity contribution < 1.29 is 14.7 Å². The second-order valence-electron chi connectivity index (χ2n) is 5.31. The van der Waals surface area contributed by atoms with Gasteiger partial charge < -0.3 is 9.94 Å². The van der Waals surface area contributed by atoms with Gasteiger partial charge in [0.1, 0.15) is 0 Å². The average molecular weight is 305 g/mol. The third kappa shape index (κ3) is 4.82. The zero-order chi connectivity index (χ0) is 15.8. The van der Waals surface area contributed by atoms with Gasteiger partial charge in [0.2, 0.25) is 0 Å². The Morgan fingerprint density at radius 2 is 1.82 bits per heavy atom. The highest BCUT2D eigenvalue weighted by molar-refractivity contribution is 6.37.